The summed E-state index contributed by atoms with van der Waals surface area (Å²) < 4.78 is 2.67. The third kappa shape index (κ3) is 2.19. The van der Waals surface area contributed by atoms with Gasteiger partial charge in [-0.1, -0.05) is 42.9 Å². The van der Waals surface area contributed by atoms with Crippen LogP contribution in [0.15, 0.2) is 29.1 Å². The smallest absolute Gasteiger partial charge is 0.268 e. The molecule has 0 amide bonds. The second-order valence-electron chi connectivity index (χ2n) is 5.19. The quantitative estimate of drug-likeness (QED) is 0.836. The molecule has 1 unspecified atom stereocenters. The van der Waals surface area contributed by atoms with Gasteiger partial charge < -0.3 is 0 Å². The first-order valence-electron chi connectivity index (χ1n) is 6.81. The average molecular weight is 272 g/mol. The van der Waals surface area contributed by atoms with Crippen molar-refractivity contribution in [1.82, 2.24) is 3.96 Å². The van der Waals surface area contributed by atoms with Crippen molar-refractivity contribution < 1.29 is 0 Å². The van der Waals surface area contributed by atoms with E-state index in [1.165, 1.54) is 30.8 Å². The monoisotopic (exact) mass is 272 g/mol. The molecule has 3 rings (SSSR count). The summed E-state index contributed by atoms with van der Waals surface area (Å²) >= 11 is 1.43. The Kier molecular flexibility index (Phi) is 3.39. The Morgan fingerprint density at radius 3 is 2.68 bits per heavy atom. The van der Waals surface area contributed by atoms with E-state index < -0.39 is 0 Å². The number of fused-ring (bicyclic) bond motifs is 1. The molecule has 0 aliphatic heterocycles. The second kappa shape index (κ2) is 5.18. The first kappa shape index (κ1) is 12.4. The third-order valence-corrected chi connectivity index (χ3v) is 5.14. The van der Waals surface area contributed by atoms with Gasteiger partial charge in [-0.15, -0.1) is 0 Å². The van der Waals surface area contributed by atoms with Crippen molar-refractivity contribution in [1.29, 1.82) is 5.26 Å². The summed E-state index contributed by atoms with van der Waals surface area (Å²) in [7, 11) is 0. The maximum atomic E-state index is 12.4. The van der Waals surface area contributed by atoms with Crippen LogP contribution >= 0.6 is 11.5 Å². The zero-order valence-corrected chi connectivity index (χ0v) is 11.5. The minimum Gasteiger partial charge on any atom is -0.268 e. The van der Waals surface area contributed by atoms with E-state index >= 15 is 0 Å². The number of rotatable bonds is 2. The van der Waals surface area contributed by atoms with Gasteiger partial charge in [-0.3, -0.25) is 4.79 Å². The lowest BCUT2D eigenvalue weighted by molar-refractivity contribution is 0.297. The van der Waals surface area contributed by atoms with Crippen LogP contribution in [0.3, 0.4) is 0 Å². The van der Waals surface area contributed by atoms with Crippen molar-refractivity contribution in [3.8, 4) is 6.07 Å². The van der Waals surface area contributed by atoms with Crippen LogP contribution in [0.4, 0.5) is 0 Å². The molecule has 0 spiro atoms. The van der Waals surface area contributed by atoms with Crippen LogP contribution in [0.5, 0.6) is 0 Å². The molecule has 0 saturated heterocycles. The van der Waals surface area contributed by atoms with Gasteiger partial charge in [-0.25, -0.2) is 3.96 Å². The molecule has 1 heterocycles. The Balaban J connectivity index is 2.04. The highest BCUT2D eigenvalue weighted by atomic mass is 32.1. The normalized spacial score (nSPS) is 18.3. The summed E-state index contributed by atoms with van der Waals surface area (Å²) in [5.74, 6) is 0.338. The Bertz CT molecular complexity index is 673. The lowest BCUT2D eigenvalue weighted by atomic mass is 9.84. The first-order valence-corrected chi connectivity index (χ1v) is 7.59. The molecule has 0 radical (unpaired) electrons. The van der Waals surface area contributed by atoms with Crippen LogP contribution in [-0.4, -0.2) is 3.96 Å². The van der Waals surface area contributed by atoms with Crippen molar-refractivity contribution in [3.05, 3.63) is 34.6 Å². The maximum absolute atomic E-state index is 12.4. The number of nitriles is 1. The minimum atomic E-state index is -0.287. The predicted molar refractivity (Wildman–Crippen MR) is 77.3 cm³/mol. The average Bonchev–Trinajstić information content (AvgIpc) is 2.79. The summed E-state index contributed by atoms with van der Waals surface area (Å²) in [6.07, 6.45) is 5.76. The number of hydrogen-bond acceptors (Lipinski definition) is 3. The molecular formula is C15H16N2OS. The van der Waals surface area contributed by atoms with Crippen LogP contribution in [-0.2, 0) is 0 Å². The summed E-state index contributed by atoms with van der Waals surface area (Å²) in [5, 5.41) is 10.2. The topological polar surface area (TPSA) is 45.8 Å². The number of hydrogen-bond donors (Lipinski definition) is 0. The van der Waals surface area contributed by atoms with E-state index in [0.717, 1.165) is 22.9 Å². The van der Waals surface area contributed by atoms with Crippen LogP contribution in [0.25, 0.3) is 10.1 Å². The first-order chi connectivity index (χ1) is 9.31. The molecule has 0 bridgehead atoms. The Hall–Kier alpha value is -1.60. The van der Waals surface area contributed by atoms with Crippen molar-refractivity contribution in [2.45, 2.75) is 38.1 Å². The van der Waals surface area contributed by atoms with Crippen molar-refractivity contribution in [2.75, 3.05) is 0 Å². The molecular weight excluding hydrogens is 256 g/mol. The second-order valence-corrected chi connectivity index (χ2v) is 6.21. The van der Waals surface area contributed by atoms with Gasteiger partial charge in [0.15, 0.2) is 0 Å². The zero-order valence-electron chi connectivity index (χ0n) is 10.7. The fourth-order valence-electron chi connectivity index (χ4n) is 2.97. The molecule has 1 aliphatic rings. The van der Waals surface area contributed by atoms with Crippen LogP contribution in [0.2, 0.25) is 0 Å². The van der Waals surface area contributed by atoms with Crippen molar-refractivity contribution >= 4 is 21.6 Å². The van der Waals surface area contributed by atoms with E-state index in [1.54, 1.807) is 3.96 Å². The van der Waals surface area contributed by atoms with E-state index in [9.17, 15) is 10.1 Å². The van der Waals surface area contributed by atoms with Crippen LogP contribution in [0, 0.1) is 17.2 Å². The van der Waals surface area contributed by atoms with E-state index in [0.29, 0.717) is 5.92 Å². The standard InChI is InChI=1S/C15H16N2OS/c16-10-13(11-6-2-1-3-7-11)17-15(18)12-8-4-5-9-14(12)19-17/h4-5,8-9,11,13H,1-3,6-7H2. The minimum absolute atomic E-state index is 0.00211. The predicted octanol–water partition coefficient (Wildman–Crippen LogP) is 3.71. The Morgan fingerprint density at radius 1 is 1.26 bits per heavy atom. The van der Waals surface area contributed by atoms with Crippen LogP contribution in [0.1, 0.15) is 38.1 Å². The lowest BCUT2D eigenvalue weighted by Crippen LogP contribution is -2.26. The third-order valence-electron chi connectivity index (χ3n) is 4.00. The molecule has 1 saturated carbocycles. The largest absolute Gasteiger partial charge is 0.269 e. The van der Waals surface area contributed by atoms with Gasteiger partial charge in [-0.2, -0.15) is 5.26 Å². The fourth-order valence-corrected chi connectivity index (χ4v) is 4.09. The van der Waals surface area contributed by atoms with E-state index in [4.69, 9.17) is 0 Å². The number of benzene rings is 1. The van der Waals surface area contributed by atoms with Gasteiger partial charge in [0.2, 0.25) is 0 Å². The molecule has 1 fully saturated rings. The van der Waals surface area contributed by atoms with E-state index in [-0.39, 0.29) is 11.6 Å². The summed E-state index contributed by atoms with van der Waals surface area (Å²) in [4.78, 5) is 12.4. The molecule has 1 aromatic carbocycles. The van der Waals surface area contributed by atoms with Crippen molar-refractivity contribution in [2.24, 2.45) is 5.92 Å². The molecule has 98 valence electrons. The van der Waals surface area contributed by atoms with Gasteiger partial charge in [0.1, 0.15) is 6.04 Å². The molecule has 1 aromatic heterocycles. The fraction of sp³-hybridized carbons (Fsp3) is 0.467. The molecule has 4 heteroatoms. The van der Waals surface area contributed by atoms with Crippen LogP contribution < -0.4 is 5.56 Å². The molecule has 1 atom stereocenters. The van der Waals surface area contributed by atoms with Gasteiger partial charge in [0.05, 0.1) is 16.2 Å². The molecule has 19 heavy (non-hydrogen) atoms. The SMILES string of the molecule is N#CC(C1CCCCC1)n1sc2ccccc2c1=O. The maximum Gasteiger partial charge on any atom is 0.269 e. The summed E-state index contributed by atoms with van der Waals surface area (Å²) in [6.45, 7) is 0. The zero-order chi connectivity index (χ0) is 13.2. The van der Waals surface area contributed by atoms with Gasteiger partial charge in [0.25, 0.3) is 5.56 Å². The highest BCUT2D eigenvalue weighted by Crippen LogP contribution is 2.33. The summed E-state index contributed by atoms with van der Waals surface area (Å²) in [6, 6.07) is 9.69. The Labute approximate surface area is 116 Å². The molecule has 3 nitrogen and oxygen atoms in total. The number of nitrogens with zero attached hydrogens (tertiary/aromatic N) is 2. The van der Waals surface area contributed by atoms with Gasteiger partial charge in [0, 0.05) is 0 Å². The van der Waals surface area contributed by atoms with E-state index in [2.05, 4.69) is 6.07 Å². The van der Waals surface area contributed by atoms with Gasteiger partial charge in [-0.05, 0) is 30.9 Å². The van der Waals surface area contributed by atoms with E-state index in [1.807, 2.05) is 24.3 Å². The molecule has 2 aromatic rings. The highest BCUT2D eigenvalue weighted by Gasteiger charge is 2.27. The molecule has 0 N–H and O–H groups in total. The highest BCUT2D eigenvalue weighted by molar-refractivity contribution is 7.13. The molecule has 1 aliphatic carbocycles. The Morgan fingerprint density at radius 2 is 2.00 bits per heavy atom. The lowest BCUT2D eigenvalue weighted by Gasteiger charge is -2.25. The van der Waals surface area contributed by atoms with Gasteiger partial charge >= 0.3 is 0 Å². The summed E-state index contributed by atoms with van der Waals surface area (Å²) in [5.41, 5.74) is -0.00211. The van der Waals surface area contributed by atoms with Crippen molar-refractivity contribution in [3.63, 3.8) is 0 Å². The number of aromatic nitrogens is 1.